The summed E-state index contributed by atoms with van der Waals surface area (Å²) in [4.78, 5) is 16.7. The highest BCUT2D eigenvalue weighted by Crippen LogP contribution is 2.21. The van der Waals surface area contributed by atoms with Crippen LogP contribution in [0.3, 0.4) is 0 Å². The van der Waals surface area contributed by atoms with Gasteiger partial charge in [-0.25, -0.2) is 20.4 Å². The molecule has 0 aliphatic carbocycles. The summed E-state index contributed by atoms with van der Waals surface area (Å²) in [5.41, 5.74) is 0.551. The number of carbonyl (C=O) groups excluding carboxylic acids is 2. The summed E-state index contributed by atoms with van der Waals surface area (Å²) in [6.45, 7) is 14.4. The topological polar surface area (TPSA) is 81.8 Å². The molecular weight excluding hydrogens is 228 g/mol. The fourth-order valence-corrected chi connectivity index (χ4v) is 0.905. The third-order valence-electron chi connectivity index (χ3n) is 1.53. The fraction of sp³-hybridized carbons (Fsp3) is 0.714. The van der Waals surface area contributed by atoms with E-state index in [2.05, 4.69) is 34.3 Å². The number of allylic oxidation sites excluding steroid dienone is 1. The van der Waals surface area contributed by atoms with Crippen molar-refractivity contribution in [2.75, 3.05) is 0 Å². The lowest BCUT2D eigenvalue weighted by molar-refractivity contribution is 0.359. The maximum absolute atomic E-state index is 8.35. The van der Waals surface area contributed by atoms with Crippen LogP contribution in [0.15, 0.2) is 12.7 Å². The molecule has 4 nitrogen and oxygen atoms in total. The van der Waals surface area contributed by atoms with Crippen LogP contribution in [-0.2, 0) is 9.59 Å². The standard InChI is InChI=1S/C9H20.C3H6.2CHNO/c1-5-6-7-8-9(2,3)4;1-3-2;2*2-1-3/h5-8H2,1-4H3;3H,1H2,2H3;2*2H. The largest absolute Gasteiger partial charge is 0.231 e. The minimum absolute atomic E-state index is 0.551. The van der Waals surface area contributed by atoms with Gasteiger partial charge in [-0.15, -0.1) is 6.58 Å². The van der Waals surface area contributed by atoms with Crippen molar-refractivity contribution in [2.24, 2.45) is 5.41 Å². The minimum Gasteiger partial charge on any atom is -0.222 e. The van der Waals surface area contributed by atoms with Crippen LogP contribution in [-0.4, -0.2) is 12.2 Å². The average Bonchev–Trinajstić information content (AvgIpc) is 2.19. The molecule has 106 valence electrons. The van der Waals surface area contributed by atoms with Crippen molar-refractivity contribution in [3.63, 3.8) is 0 Å². The molecular formula is C14H28N2O2. The minimum atomic E-state index is 0.551. The summed E-state index contributed by atoms with van der Waals surface area (Å²) in [6.07, 6.45) is 8.77. The van der Waals surface area contributed by atoms with Gasteiger partial charge >= 0.3 is 0 Å². The number of isocyanates is 2. The molecule has 0 fully saturated rings. The van der Waals surface area contributed by atoms with Gasteiger partial charge in [0.25, 0.3) is 0 Å². The number of hydrogen-bond acceptors (Lipinski definition) is 4. The Morgan fingerprint density at radius 1 is 1.11 bits per heavy atom. The Hall–Kier alpha value is -1.50. The molecule has 0 bridgehead atoms. The summed E-state index contributed by atoms with van der Waals surface area (Å²) in [6, 6.07) is 0. The van der Waals surface area contributed by atoms with E-state index >= 15 is 0 Å². The highest BCUT2D eigenvalue weighted by Gasteiger charge is 2.07. The van der Waals surface area contributed by atoms with Crippen molar-refractivity contribution in [1.29, 1.82) is 10.8 Å². The zero-order valence-electron chi connectivity index (χ0n) is 12.4. The van der Waals surface area contributed by atoms with Gasteiger partial charge < -0.3 is 0 Å². The molecule has 2 N–H and O–H groups in total. The second kappa shape index (κ2) is 24.6. The molecule has 0 spiro atoms. The van der Waals surface area contributed by atoms with Crippen LogP contribution in [0.5, 0.6) is 0 Å². The van der Waals surface area contributed by atoms with Gasteiger partial charge in [0.2, 0.25) is 12.2 Å². The van der Waals surface area contributed by atoms with Crippen LogP contribution in [0.25, 0.3) is 0 Å². The van der Waals surface area contributed by atoms with Crippen molar-refractivity contribution in [2.45, 2.75) is 60.3 Å². The predicted molar refractivity (Wildman–Crippen MR) is 76.3 cm³/mol. The Morgan fingerprint density at radius 2 is 1.39 bits per heavy atom. The second-order valence-corrected chi connectivity index (χ2v) is 4.63. The lowest BCUT2D eigenvalue weighted by Crippen LogP contribution is -2.03. The highest BCUT2D eigenvalue weighted by atomic mass is 16.1. The summed E-state index contributed by atoms with van der Waals surface area (Å²) < 4.78 is 0. The maximum atomic E-state index is 8.35. The first-order valence-corrected chi connectivity index (χ1v) is 5.95. The summed E-state index contributed by atoms with van der Waals surface area (Å²) >= 11 is 0. The molecule has 0 aromatic rings. The fourth-order valence-electron chi connectivity index (χ4n) is 0.905. The van der Waals surface area contributed by atoms with Gasteiger partial charge in [-0.1, -0.05) is 53.0 Å². The maximum Gasteiger partial charge on any atom is 0.231 e. The lowest BCUT2D eigenvalue weighted by Gasteiger charge is -2.16. The van der Waals surface area contributed by atoms with Gasteiger partial charge in [-0.3, -0.25) is 0 Å². The molecule has 0 aromatic heterocycles. The highest BCUT2D eigenvalue weighted by molar-refractivity contribution is 5.26. The van der Waals surface area contributed by atoms with Crippen LogP contribution in [0.1, 0.15) is 60.3 Å². The molecule has 0 aromatic carbocycles. The first-order chi connectivity index (χ1) is 8.30. The Morgan fingerprint density at radius 3 is 1.56 bits per heavy atom. The van der Waals surface area contributed by atoms with Gasteiger partial charge in [0.1, 0.15) is 0 Å². The SMILES string of the molecule is C=CC.CCCCCC(C)(C)C.N=C=O.N=C=O. The summed E-state index contributed by atoms with van der Waals surface area (Å²) in [7, 11) is 0. The van der Waals surface area contributed by atoms with E-state index in [-0.39, 0.29) is 0 Å². The van der Waals surface area contributed by atoms with E-state index in [4.69, 9.17) is 20.4 Å². The lowest BCUT2D eigenvalue weighted by atomic mass is 9.90. The Bertz CT molecular complexity index is 206. The van der Waals surface area contributed by atoms with Crippen LogP contribution in [0.2, 0.25) is 0 Å². The Balaban J connectivity index is -0.0000000902. The molecule has 0 saturated carbocycles. The molecule has 0 radical (unpaired) electrons. The third-order valence-corrected chi connectivity index (χ3v) is 1.53. The molecule has 0 aliphatic rings. The molecule has 4 heteroatoms. The third kappa shape index (κ3) is 130. The number of rotatable bonds is 3. The van der Waals surface area contributed by atoms with Crippen molar-refractivity contribution in [1.82, 2.24) is 0 Å². The molecule has 0 amide bonds. The van der Waals surface area contributed by atoms with Gasteiger partial charge in [-0.05, 0) is 18.8 Å². The van der Waals surface area contributed by atoms with Gasteiger partial charge in [0.15, 0.2) is 0 Å². The van der Waals surface area contributed by atoms with E-state index < -0.39 is 0 Å². The van der Waals surface area contributed by atoms with Crippen molar-refractivity contribution >= 4 is 12.2 Å². The quantitative estimate of drug-likeness (QED) is 0.334. The second-order valence-electron chi connectivity index (χ2n) is 4.63. The van der Waals surface area contributed by atoms with E-state index in [1.165, 1.54) is 25.7 Å². The number of nitrogens with one attached hydrogen (secondary N) is 2. The monoisotopic (exact) mass is 256 g/mol. The Kier molecular flexibility index (Phi) is 34.7. The van der Waals surface area contributed by atoms with Crippen LogP contribution >= 0.6 is 0 Å². The molecule has 0 aliphatic heterocycles. The first-order valence-electron chi connectivity index (χ1n) is 5.95. The summed E-state index contributed by atoms with van der Waals surface area (Å²) in [5.74, 6) is 0. The number of unbranched alkanes of at least 4 members (excludes halogenated alkanes) is 2. The van der Waals surface area contributed by atoms with Gasteiger partial charge in [0.05, 0.1) is 0 Å². The van der Waals surface area contributed by atoms with Crippen molar-refractivity contribution in [3.05, 3.63) is 12.7 Å². The van der Waals surface area contributed by atoms with Crippen molar-refractivity contribution in [3.8, 4) is 0 Å². The first kappa shape index (κ1) is 25.4. The molecule has 0 unspecified atom stereocenters. The smallest absolute Gasteiger partial charge is 0.222 e. The molecule has 18 heavy (non-hydrogen) atoms. The molecule has 0 rings (SSSR count). The summed E-state index contributed by atoms with van der Waals surface area (Å²) in [5, 5.41) is 10.8. The normalized spacial score (nSPS) is 7.61. The molecule has 0 atom stereocenters. The van der Waals surface area contributed by atoms with Crippen LogP contribution in [0.4, 0.5) is 0 Å². The van der Waals surface area contributed by atoms with E-state index in [0.717, 1.165) is 12.2 Å². The van der Waals surface area contributed by atoms with E-state index in [9.17, 15) is 0 Å². The van der Waals surface area contributed by atoms with E-state index in [0.29, 0.717) is 5.41 Å². The number of hydrogen-bond donors (Lipinski definition) is 2. The van der Waals surface area contributed by atoms with Gasteiger partial charge in [-0.2, -0.15) is 0 Å². The average molecular weight is 256 g/mol. The van der Waals surface area contributed by atoms with E-state index in [1.807, 2.05) is 6.92 Å². The van der Waals surface area contributed by atoms with Crippen LogP contribution in [0, 0.1) is 16.2 Å². The molecule has 0 heterocycles. The van der Waals surface area contributed by atoms with Crippen molar-refractivity contribution < 1.29 is 9.59 Å². The molecule has 0 saturated heterocycles. The van der Waals surface area contributed by atoms with E-state index in [1.54, 1.807) is 6.08 Å². The predicted octanol–water partition coefficient (Wildman–Crippen LogP) is 4.61. The zero-order valence-corrected chi connectivity index (χ0v) is 12.4. The zero-order chi connectivity index (χ0) is 15.4. The van der Waals surface area contributed by atoms with Crippen LogP contribution < -0.4 is 0 Å². The Labute approximate surface area is 112 Å². The van der Waals surface area contributed by atoms with Gasteiger partial charge in [0, 0.05) is 0 Å².